The van der Waals surface area contributed by atoms with E-state index >= 15 is 0 Å². The average Bonchev–Trinajstić information content (AvgIpc) is 2.67. The third kappa shape index (κ3) is 4.22. The van der Waals surface area contributed by atoms with Crippen LogP contribution in [0.3, 0.4) is 0 Å². The molecule has 0 aliphatic carbocycles. The maximum atomic E-state index is 12.8. The maximum Gasteiger partial charge on any atom is 0.416 e. The summed E-state index contributed by atoms with van der Waals surface area (Å²) in [6, 6.07) is 14.9. The first-order chi connectivity index (χ1) is 13.4. The second-order valence-electron chi connectivity index (χ2n) is 7.93. The van der Waals surface area contributed by atoms with Crippen molar-refractivity contribution in [2.75, 3.05) is 26.2 Å². The normalized spacial score (nSPS) is 22.9. The van der Waals surface area contributed by atoms with Crippen molar-refractivity contribution in [2.45, 2.75) is 19.1 Å². The molecule has 2 bridgehead atoms. The minimum atomic E-state index is -4.38. The molecule has 0 spiro atoms. The Morgan fingerprint density at radius 1 is 0.893 bits per heavy atom. The van der Waals surface area contributed by atoms with Gasteiger partial charge in [0.05, 0.1) is 5.56 Å². The highest BCUT2D eigenvalue weighted by Crippen LogP contribution is 2.32. The van der Waals surface area contributed by atoms with Crippen molar-refractivity contribution in [2.24, 2.45) is 11.8 Å². The first kappa shape index (κ1) is 19.0. The predicted octanol–water partition coefficient (Wildman–Crippen LogP) is 4.30. The van der Waals surface area contributed by atoms with E-state index in [2.05, 4.69) is 17.0 Å². The number of nitrogens with zero attached hydrogens (tertiary/aromatic N) is 2. The van der Waals surface area contributed by atoms with Crippen molar-refractivity contribution >= 4 is 5.91 Å². The number of alkyl halides is 3. The molecule has 2 unspecified atom stereocenters. The zero-order valence-electron chi connectivity index (χ0n) is 15.5. The summed E-state index contributed by atoms with van der Waals surface area (Å²) in [5, 5.41) is 0. The molecular weight excluding hydrogens is 365 g/mol. The fraction of sp³-hybridized carbons (Fsp3) is 0.409. The lowest BCUT2D eigenvalue weighted by molar-refractivity contribution is -0.137. The lowest BCUT2D eigenvalue weighted by Gasteiger charge is -2.46. The minimum Gasteiger partial charge on any atom is -0.338 e. The number of hydrogen-bond donors (Lipinski definition) is 0. The maximum absolute atomic E-state index is 12.8. The van der Waals surface area contributed by atoms with Crippen LogP contribution in [0.4, 0.5) is 13.2 Å². The van der Waals surface area contributed by atoms with Crippen LogP contribution in [0.1, 0.15) is 27.9 Å². The van der Waals surface area contributed by atoms with Crippen molar-refractivity contribution in [1.82, 2.24) is 9.80 Å². The largest absolute Gasteiger partial charge is 0.416 e. The van der Waals surface area contributed by atoms with Crippen LogP contribution in [0.2, 0.25) is 0 Å². The number of carbonyl (C=O) groups is 1. The van der Waals surface area contributed by atoms with E-state index in [1.165, 1.54) is 17.7 Å². The van der Waals surface area contributed by atoms with E-state index in [0.717, 1.165) is 38.2 Å². The number of rotatable bonds is 3. The Hall–Kier alpha value is -2.34. The quantitative estimate of drug-likeness (QED) is 0.783. The number of hydrogen-bond acceptors (Lipinski definition) is 2. The van der Waals surface area contributed by atoms with Gasteiger partial charge in [0.2, 0.25) is 0 Å². The molecule has 2 aromatic rings. The molecular formula is C22H23F3N2O. The number of likely N-dealkylation sites (tertiary alicyclic amines) is 2. The van der Waals surface area contributed by atoms with Crippen LogP contribution in [0.5, 0.6) is 0 Å². The van der Waals surface area contributed by atoms with Crippen molar-refractivity contribution in [3.63, 3.8) is 0 Å². The Bertz CT molecular complexity index is 806. The summed E-state index contributed by atoms with van der Waals surface area (Å²) < 4.78 is 38.2. The van der Waals surface area contributed by atoms with Gasteiger partial charge in [-0.05, 0) is 48.1 Å². The zero-order chi connectivity index (χ0) is 19.7. The van der Waals surface area contributed by atoms with Crippen molar-refractivity contribution < 1.29 is 18.0 Å². The zero-order valence-corrected chi connectivity index (χ0v) is 15.5. The smallest absolute Gasteiger partial charge is 0.338 e. The number of amides is 1. The fourth-order valence-electron chi connectivity index (χ4n) is 4.51. The molecule has 28 heavy (non-hydrogen) atoms. The van der Waals surface area contributed by atoms with Crippen molar-refractivity contribution in [1.29, 1.82) is 0 Å². The Labute approximate surface area is 162 Å². The monoisotopic (exact) mass is 388 g/mol. The van der Waals surface area contributed by atoms with Crippen LogP contribution in [0, 0.1) is 11.8 Å². The van der Waals surface area contributed by atoms with Gasteiger partial charge in [0.25, 0.3) is 5.91 Å². The summed E-state index contributed by atoms with van der Waals surface area (Å²) in [4.78, 5) is 17.1. The Balaban J connectivity index is 1.39. The van der Waals surface area contributed by atoms with Gasteiger partial charge in [-0.25, -0.2) is 0 Å². The number of carbonyl (C=O) groups excluding carboxylic acids is 1. The van der Waals surface area contributed by atoms with Gasteiger partial charge in [0.1, 0.15) is 0 Å². The van der Waals surface area contributed by atoms with Crippen molar-refractivity contribution in [3.8, 4) is 0 Å². The number of benzene rings is 2. The van der Waals surface area contributed by atoms with Crippen LogP contribution >= 0.6 is 0 Å². The molecule has 0 N–H and O–H groups in total. The number of piperidine rings is 2. The lowest BCUT2D eigenvalue weighted by Crippen LogP contribution is -2.53. The van der Waals surface area contributed by atoms with Gasteiger partial charge in [-0.3, -0.25) is 9.69 Å². The molecule has 0 radical (unpaired) electrons. The van der Waals surface area contributed by atoms with Crippen molar-refractivity contribution in [3.05, 3.63) is 71.3 Å². The van der Waals surface area contributed by atoms with E-state index in [-0.39, 0.29) is 5.91 Å². The molecule has 1 amide bonds. The lowest BCUT2D eigenvalue weighted by atomic mass is 9.84. The Morgan fingerprint density at radius 3 is 2.07 bits per heavy atom. The van der Waals surface area contributed by atoms with Crippen LogP contribution in [-0.2, 0) is 12.7 Å². The van der Waals surface area contributed by atoms with Gasteiger partial charge in [0, 0.05) is 38.3 Å². The highest BCUT2D eigenvalue weighted by Gasteiger charge is 2.36. The average molecular weight is 388 g/mol. The predicted molar refractivity (Wildman–Crippen MR) is 101 cm³/mol. The van der Waals surface area contributed by atoms with E-state index in [1.807, 2.05) is 23.1 Å². The second kappa shape index (κ2) is 7.59. The molecule has 6 heteroatoms. The molecule has 3 nitrogen and oxygen atoms in total. The van der Waals surface area contributed by atoms with E-state index in [1.54, 1.807) is 0 Å². The molecule has 2 fully saturated rings. The van der Waals surface area contributed by atoms with Crippen LogP contribution < -0.4 is 0 Å². The summed E-state index contributed by atoms with van der Waals surface area (Å²) >= 11 is 0. The van der Waals surface area contributed by atoms with E-state index in [0.29, 0.717) is 30.5 Å². The minimum absolute atomic E-state index is 0.167. The van der Waals surface area contributed by atoms with E-state index in [9.17, 15) is 18.0 Å². The molecule has 2 saturated heterocycles. The molecule has 0 aromatic heterocycles. The topological polar surface area (TPSA) is 23.6 Å². The van der Waals surface area contributed by atoms with Gasteiger partial charge in [-0.2, -0.15) is 13.2 Å². The Kier molecular flexibility index (Phi) is 5.15. The first-order valence-corrected chi connectivity index (χ1v) is 9.61. The van der Waals surface area contributed by atoms with E-state index in [4.69, 9.17) is 0 Å². The molecule has 2 atom stereocenters. The highest BCUT2D eigenvalue weighted by atomic mass is 19.4. The Morgan fingerprint density at radius 2 is 1.50 bits per heavy atom. The van der Waals surface area contributed by atoms with Gasteiger partial charge in [-0.1, -0.05) is 30.3 Å². The molecule has 4 rings (SSSR count). The second-order valence-corrected chi connectivity index (χ2v) is 7.93. The molecule has 148 valence electrons. The summed E-state index contributed by atoms with van der Waals surface area (Å²) in [6.45, 7) is 4.15. The summed E-state index contributed by atoms with van der Waals surface area (Å²) in [5.74, 6) is 0.657. The number of halogens is 3. The first-order valence-electron chi connectivity index (χ1n) is 9.61. The SMILES string of the molecule is O=C(c1ccc(C(F)(F)F)cc1)N1CC2CC(CN(Cc3ccccc3)C2)C1. The molecule has 2 aliphatic rings. The van der Waals surface area contributed by atoms with Gasteiger partial charge < -0.3 is 4.90 Å². The third-order valence-corrected chi connectivity index (χ3v) is 5.65. The molecule has 2 aromatic carbocycles. The molecule has 2 aliphatic heterocycles. The van der Waals surface area contributed by atoms with Crippen LogP contribution in [0.25, 0.3) is 0 Å². The summed E-state index contributed by atoms with van der Waals surface area (Å²) in [7, 11) is 0. The van der Waals surface area contributed by atoms with Gasteiger partial charge in [0.15, 0.2) is 0 Å². The highest BCUT2D eigenvalue weighted by molar-refractivity contribution is 5.94. The third-order valence-electron chi connectivity index (χ3n) is 5.65. The summed E-state index contributed by atoms with van der Waals surface area (Å²) in [5.41, 5.74) is 0.894. The van der Waals surface area contributed by atoms with Crippen LogP contribution in [-0.4, -0.2) is 41.9 Å². The molecule has 2 heterocycles. The van der Waals surface area contributed by atoms with Gasteiger partial charge >= 0.3 is 6.18 Å². The van der Waals surface area contributed by atoms with E-state index < -0.39 is 11.7 Å². The standard InChI is InChI=1S/C22H23F3N2O/c23-22(24,25)20-8-6-19(7-9-20)21(28)27-14-17-10-18(15-27)13-26(12-17)11-16-4-2-1-3-5-16/h1-9,17-18H,10-15H2. The molecule has 0 saturated carbocycles. The van der Waals surface area contributed by atoms with Gasteiger partial charge in [-0.15, -0.1) is 0 Å². The number of fused-ring (bicyclic) bond motifs is 2. The fourth-order valence-corrected chi connectivity index (χ4v) is 4.51. The summed E-state index contributed by atoms with van der Waals surface area (Å²) in [6.07, 6.45) is -3.27. The van der Waals surface area contributed by atoms with Crippen LogP contribution in [0.15, 0.2) is 54.6 Å².